The first-order chi connectivity index (χ1) is 31.1. The standard InChI is InChI=1S/C47H41Cl3N4O9S2/c1-26-46(64-47(51-26)52-27(2)55)65(58,59)54-23-34-22-42-41(62-25-43(63-42)32-11-15-36(16-12-32)61-24-29-6-17-37(49)38(50)18-29)21-33(34)20-40(54)44(56)53-39(45(57)60-3)19-28-4-7-30(8-5-28)31-9-13-35(48)14-10-31/h4-18,21-22,39-40,43H,19-20,23-25H2,1-3H3,(H,53,56)(H,51,52,55)/t39-,40-,43?/m0/s1. The van der Waals surface area contributed by atoms with E-state index in [1.54, 1.807) is 36.4 Å². The van der Waals surface area contributed by atoms with E-state index < -0.39 is 46.0 Å². The zero-order valence-corrected chi connectivity index (χ0v) is 39.0. The molecule has 2 aliphatic heterocycles. The molecule has 0 radical (unpaired) electrons. The molecule has 65 heavy (non-hydrogen) atoms. The molecule has 0 saturated heterocycles. The van der Waals surface area contributed by atoms with E-state index in [1.165, 1.54) is 21.0 Å². The lowest BCUT2D eigenvalue weighted by molar-refractivity contribution is -0.145. The molecule has 0 aliphatic carbocycles. The Morgan fingerprint density at radius 1 is 0.877 bits per heavy atom. The SMILES string of the molecule is COC(=O)[C@H](Cc1ccc(-c2ccc(Cl)cc2)cc1)NC(=O)[C@@H]1Cc2cc3c(cc2CN1S(=O)(=O)c1sc(NC(C)=O)nc1C)OC(c1ccc(OCc2ccc(Cl)c(Cl)c2)cc1)CO3. The summed E-state index contributed by atoms with van der Waals surface area (Å²) in [5.41, 5.74) is 5.68. The summed E-state index contributed by atoms with van der Waals surface area (Å²) in [5.74, 6) is -0.373. The second-order valence-corrected chi connectivity index (χ2v) is 19.8. The van der Waals surface area contributed by atoms with Crippen LogP contribution in [0, 0.1) is 6.92 Å². The van der Waals surface area contributed by atoms with Gasteiger partial charge in [-0.1, -0.05) is 101 Å². The smallest absolute Gasteiger partial charge is 0.328 e. The summed E-state index contributed by atoms with van der Waals surface area (Å²) in [5, 5.41) is 6.97. The van der Waals surface area contributed by atoms with Crippen molar-refractivity contribution in [2.75, 3.05) is 19.0 Å². The number of benzene rings is 5. The van der Waals surface area contributed by atoms with E-state index in [4.69, 9.17) is 53.8 Å². The second-order valence-electron chi connectivity index (χ2n) is 15.4. The number of methoxy groups -OCH3 is 1. The molecule has 3 heterocycles. The highest BCUT2D eigenvalue weighted by Gasteiger charge is 2.43. The Kier molecular flexibility index (Phi) is 13.7. The van der Waals surface area contributed by atoms with Gasteiger partial charge in [-0.05, 0) is 101 Å². The predicted molar refractivity (Wildman–Crippen MR) is 248 cm³/mol. The number of aromatic nitrogens is 1. The Morgan fingerprint density at radius 3 is 2.23 bits per heavy atom. The molecular formula is C47H41Cl3N4O9S2. The number of nitrogens with one attached hydrogen (secondary N) is 2. The lowest BCUT2D eigenvalue weighted by Crippen LogP contribution is -2.56. The molecule has 8 rings (SSSR count). The summed E-state index contributed by atoms with van der Waals surface area (Å²) in [4.78, 5) is 43.9. The molecule has 2 N–H and O–H groups in total. The Balaban J connectivity index is 1.04. The van der Waals surface area contributed by atoms with Crippen LogP contribution >= 0.6 is 46.1 Å². The van der Waals surface area contributed by atoms with Crippen molar-refractivity contribution in [2.24, 2.45) is 0 Å². The van der Waals surface area contributed by atoms with Gasteiger partial charge in [0, 0.05) is 24.9 Å². The molecule has 1 aromatic heterocycles. The number of carbonyl (C=O) groups is 3. The molecule has 336 valence electrons. The fourth-order valence-electron chi connectivity index (χ4n) is 7.59. The van der Waals surface area contributed by atoms with Gasteiger partial charge in [-0.25, -0.2) is 18.2 Å². The fraction of sp³-hybridized carbons (Fsp3) is 0.234. The van der Waals surface area contributed by atoms with Crippen molar-refractivity contribution in [2.45, 2.75) is 62.2 Å². The normalized spacial score (nSPS) is 16.2. The van der Waals surface area contributed by atoms with Crippen LogP contribution < -0.4 is 24.8 Å². The molecule has 0 fully saturated rings. The number of thiazole rings is 1. The maximum absolute atomic E-state index is 14.7. The number of hydrogen-bond donors (Lipinski definition) is 2. The molecule has 6 aromatic rings. The van der Waals surface area contributed by atoms with E-state index >= 15 is 0 Å². The number of rotatable bonds is 13. The van der Waals surface area contributed by atoms with Crippen molar-refractivity contribution >= 4 is 79.1 Å². The van der Waals surface area contributed by atoms with Crippen LogP contribution in [0.25, 0.3) is 11.1 Å². The van der Waals surface area contributed by atoms with Crippen LogP contribution in [0.2, 0.25) is 15.1 Å². The van der Waals surface area contributed by atoms with Gasteiger partial charge >= 0.3 is 5.97 Å². The summed E-state index contributed by atoms with van der Waals surface area (Å²) in [7, 11) is -3.23. The van der Waals surface area contributed by atoms with E-state index in [9.17, 15) is 22.8 Å². The van der Waals surface area contributed by atoms with E-state index in [0.29, 0.717) is 50.1 Å². The first kappa shape index (κ1) is 45.9. The van der Waals surface area contributed by atoms with Crippen LogP contribution in [0.1, 0.15) is 46.5 Å². The van der Waals surface area contributed by atoms with Gasteiger partial charge in [0.15, 0.2) is 26.9 Å². The summed E-state index contributed by atoms with van der Waals surface area (Å²) in [6.45, 7) is 3.05. The number of aryl methyl sites for hydroxylation is 1. The Morgan fingerprint density at radius 2 is 1.55 bits per heavy atom. The van der Waals surface area contributed by atoms with Gasteiger partial charge in [0.1, 0.15) is 31.0 Å². The maximum atomic E-state index is 14.7. The van der Waals surface area contributed by atoms with E-state index in [-0.39, 0.29) is 41.0 Å². The van der Waals surface area contributed by atoms with Crippen LogP contribution in [0.5, 0.6) is 17.2 Å². The minimum Gasteiger partial charge on any atom is -0.489 e. The van der Waals surface area contributed by atoms with Crippen molar-refractivity contribution in [3.63, 3.8) is 0 Å². The first-order valence-corrected chi connectivity index (χ1v) is 23.7. The van der Waals surface area contributed by atoms with Crippen molar-refractivity contribution in [1.29, 1.82) is 0 Å². The molecule has 13 nitrogen and oxygen atoms in total. The molecule has 2 aliphatic rings. The number of sulfonamides is 1. The largest absolute Gasteiger partial charge is 0.489 e. The highest BCUT2D eigenvalue weighted by Crippen LogP contribution is 2.43. The number of carbonyl (C=O) groups excluding carboxylic acids is 3. The van der Waals surface area contributed by atoms with Gasteiger partial charge in [-0.15, -0.1) is 0 Å². The number of halogens is 3. The Hall–Kier alpha value is -5.68. The van der Waals surface area contributed by atoms with Crippen molar-refractivity contribution in [1.82, 2.24) is 14.6 Å². The summed E-state index contributed by atoms with van der Waals surface area (Å²) < 4.78 is 54.1. The molecule has 18 heteroatoms. The van der Waals surface area contributed by atoms with Crippen LogP contribution in [0.15, 0.2) is 107 Å². The third-order valence-electron chi connectivity index (χ3n) is 10.9. The first-order valence-electron chi connectivity index (χ1n) is 20.3. The average Bonchev–Trinajstić information content (AvgIpc) is 3.67. The van der Waals surface area contributed by atoms with Crippen LogP contribution in [-0.4, -0.2) is 61.3 Å². The quantitative estimate of drug-likeness (QED) is 0.107. The summed E-state index contributed by atoms with van der Waals surface area (Å²) in [6.07, 6.45) is -0.496. The van der Waals surface area contributed by atoms with Crippen LogP contribution in [-0.2, 0) is 55.1 Å². The molecule has 0 saturated carbocycles. The minimum atomic E-state index is -4.45. The van der Waals surface area contributed by atoms with Crippen LogP contribution in [0.3, 0.4) is 0 Å². The lowest BCUT2D eigenvalue weighted by atomic mass is 9.94. The topological polar surface area (TPSA) is 162 Å². The van der Waals surface area contributed by atoms with E-state index in [1.807, 2.05) is 66.7 Å². The van der Waals surface area contributed by atoms with Gasteiger partial charge < -0.3 is 29.6 Å². The van der Waals surface area contributed by atoms with Gasteiger partial charge in [-0.2, -0.15) is 4.31 Å². The Bertz CT molecular complexity index is 2880. The average molecular weight is 976 g/mol. The van der Waals surface area contributed by atoms with Gasteiger partial charge in [0.25, 0.3) is 10.0 Å². The highest BCUT2D eigenvalue weighted by molar-refractivity contribution is 7.91. The zero-order chi connectivity index (χ0) is 46.0. The Labute approximate surface area is 394 Å². The molecule has 1 unspecified atom stereocenters. The van der Waals surface area contributed by atoms with Gasteiger partial charge in [-0.3, -0.25) is 9.59 Å². The number of esters is 1. The second kappa shape index (κ2) is 19.4. The summed E-state index contributed by atoms with van der Waals surface area (Å²) in [6, 6.07) is 28.6. The molecule has 5 aromatic carbocycles. The van der Waals surface area contributed by atoms with Gasteiger partial charge in [0.2, 0.25) is 11.8 Å². The molecular weight excluding hydrogens is 935 g/mol. The number of amides is 2. The minimum absolute atomic E-state index is 0.0652. The monoisotopic (exact) mass is 974 g/mol. The molecule has 3 atom stereocenters. The van der Waals surface area contributed by atoms with E-state index in [2.05, 4.69) is 15.6 Å². The number of anilines is 1. The van der Waals surface area contributed by atoms with Crippen LogP contribution in [0.4, 0.5) is 5.13 Å². The van der Waals surface area contributed by atoms with Crippen molar-refractivity contribution in [3.8, 4) is 28.4 Å². The number of ether oxygens (including phenoxy) is 4. The number of fused-ring (bicyclic) bond motifs is 2. The third kappa shape index (κ3) is 10.4. The van der Waals surface area contributed by atoms with Gasteiger partial charge in [0.05, 0.1) is 22.8 Å². The summed E-state index contributed by atoms with van der Waals surface area (Å²) >= 11 is 19.0. The van der Waals surface area contributed by atoms with Crippen molar-refractivity contribution in [3.05, 3.63) is 152 Å². The molecule has 0 bridgehead atoms. The number of hydrogen-bond acceptors (Lipinski definition) is 11. The molecule has 0 spiro atoms. The van der Waals surface area contributed by atoms with Crippen molar-refractivity contribution < 1.29 is 41.7 Å². The van der Waals surface area contributed by atoms with E-state index in [0.717, 1.165) is 43.5 Å². The third-order valence-corrected chi connectivity index (χ3v) is 15.4. The fourth-order valence-corrected chi connectivity index (χ4v) is 11.2. The lowest BCUT2D eigenvalue weighted by Gasteiger charge is -2.36. The molecule has 2 amide bonds. The highest BCUT2D eigenvalue weighted by atomic mass is 35.5. The predicted octanol–water partition coefficient (Wildman–Crippen LogP) is 9.14. The maximum Gasteiger partial charge on any atom is 0.328 e. The zero-order valence-electron chi connectivity index (χ0n) is 35.1. The number of nitrogens with zero attached hydrogens (tertiary/aromatic N) is 2.